The van der Waals surface area contributed by atoms with Crippen LogP contribution in [0.15, 0.2) is 0 Å². The third-order valence-electron chi connectivity index (χ3n) is 2.42. The maximum Gasteiger partial charge on any atom is 0.408 e. The maximum absolute atomic E-state index is 11.8. The fourth-order valence-electron chi connectivity index (χ4n) is 1.39. The molecule has 0 spiro atoms. The first-order valence-electron chi connectivity index (χ1n) is 6.73. The molecule has 0 aliphatic carbocycles. The normalized spacial score (nSPS) is 13.6. The molecule has 0 aliphatic heterocycles. The number of alkyl carbamates (subject to hydrolysis) is 1. The predicted octanol–water partition coefficient (Wildman–Crippen LogP) is -0.265. The first kappa shape index (κ1) is 19.7. The topological polar surface area (TPSA) is 148 Å². The molecule has 126 valence electrons. The molecular weight excluding hydrogens is 294 g/mol. The summed E-state index contributed by atoms with van der Waals surface area (Å²) in [6.45, 7) is 6.39. The molecule has 0 aromatic rings. The van der Waals surface area contributed by atoms with E-state index in [1.54, 1.807) is 20.8 Å². The van der Waals surface area contributed by atoms with Crippen molar-refractivity contribution in [2.24, 2.45) is 5.73 Å². The number of carbonyl (C=O) groups is 4. The number of ether oxygens (including phenoxy) is 1. The number of nitrogens with two attached hydrogens (primary N) is 1. The van der Waals surface area contributed by atoms with Crippen LogP contribution in [0.1, 0.15) is 40.5 Å². The number of amides is 3. The molecule has 0 saturated carbocycles. The molecule has 0 saturated heterocycles. The molecule has 0 unspecified atom stereocenters. The highest BCUT2D eigenvalue weighted by Crippen LogP contribution is 2.06. The highest BCUT2D eigenvalue weighted by molar-refractivity contribution is 5.89. The van der Waals surface area contributed by atoms with Crippen molar-refractivity contribution >= 4 is 23.9 Å². The Kier molecular flexibility index (Phi) is 7.34. The quantitative estimate of drug-likeness (QED) is 0.508. The summed E-state index contributed by atoms with van der Waals surface area (Å²) in [6, 6.07) is -2.26. The molecule has 0 rings (SSSR count). The molecule has 5 N–H and O–H groups in total. The number of aliphatic carboxylic acids is 1. The summed E-state index contributed by atoms with van der Waals surface area (Å²) >= 11 is 0. The van der Waals surface area contributed by atoms with Crippen molar-refractivity contribution in [2.75, 3.05) is 0 Å². The number of carbonyl (C=O) groups excluding carboxylic acids is 3. The second kappa shape index (κ2) is 8.20. The molecule has 0 aliphatic rings. The lowest BCUT2D eigenvalue weighted by atomic mass is 10.1. The summed E-state index contributed by atoms with van der Waals surface area (Å²) in [4.78, 5) is 45.0. The SMILES string of the molecule is C[C@H](NC(=O)OC(C)(C)C)C(=O)N[C@@H](CCC(N)=O)C(=O)O. The summed E-state index contributed by atoms with van der Waals surface area (Å²) in [5.41, 5.74) is 4.22. The van der Waals surface area contributed by atoms with Gasteiger partial charge >= 0.3 is 12.1 Å². The Morgan fingerprint density at radius 2 is 1.73 bits per heavy atom. The van der Waals surface area contributed by atoms with Crippen molar-refractivity contribution < 1.29 is 29.0 Å². The van der Waals surface area contributed by atoms with Crippen LogP contribution in [0.25, 0.3) is 0 Å². The Labute approximate surface area is 128 Å². The van der Waals surface area contributed by atoms with E-state index in [9.17, 15) is 19.2 Å². The zero-order chi connectivity index (χ0) is 17.5. The van der Waals surface area contributed by atoms with Gasteiger partial charge in [-0.3, -0.25) is 9.59 Å². The van der Waals surface area contributed by atoms with Crippen molar-refractivity contribution in [1.29, 1.82) is 0 Å². The van der Waals surface area contributed by atoms with Crippen LogP contribution in [-0.4, -0.2) is 46.7 Å². The first-order valence-corrected chi connectivity index (χ1v) is 6.73. The number of hydrogen-bond donors (Lipinski definition) is 4. The van der Waals surface area contributed by atoms with Crippen LogP contribution in [-0.2, 0) is 19.1 Å². The number of carboxylic acids is 1. The molecule has 22 heavy (non-hydrogen) atoms. The van der Waals surface area contributed by atoms with Gasteiger partial charge in [-0.2, -0.15) is 0 Å². The minimum absolute atomic E-state index is 0.129. The fraction of sp³-hybridized carbons (Fsp3) is 0.692. The van der Waals surface area contributed by atoms with E-state index in [1.807, 2.05) is 0 Å². The molecule has 0 radical (unpaired) electrons. The minimum atomic E-state index is -1.29. The Morgan fingerprint density at radius 1 is 1.18 bits per heavy atom. The van der Waals surface area contributed by atoms with E-state index >= 15 is 0 Å². The van der Waals surface area contributed by atoms with Crippen LogP contribution in [0, 0.1) is 0 Å². The van der Waals surface area contributed by atoms with Crippen molar-refractivity contribution in [2.45, 2.75) is 58.2 Å². The Bertz CT molecular complexity index is 444. The zero-order valence-corrected chi connectivity index (χ0v) is 13.1. The minimum Gasteiger partial charge on any atom is -0.480 e. The molecule has 9 heteroatoms. The van der Waals surface area contributed by atoms with Gasteiger partial charge in [-0.05, 0) is 34.1 Å². The molecule has 2 atom stereocenters. The van der Waals surface area contributed by atoms with Gasteiger partial charge in [0.15, 0.2) is 0 Å². The van der Waals surface area contributed by atoms with Gasteiger partial charge in [0.05, 0.1) is 0 Å². The number of carboxylic acid groups (broad SMARTS) is 1. The zero-order valence-electron chi connectivity index (χ0n) is 13.1. The smallest absolute Gasteiger partial charge is 0.408 e. The van der Waals surface area contributed by atoms with Crippen molar-refractivity contribution in [3.63, 3.8) is 0 Å². The lowest BCUT2D eigenvalue weighted by molar-refractivity contribution is -0.142. The van der Waals surface area contributed by atoms with Crippen molar-refractivity contribution in [1.82, 2.24) is 10.6 Å². The average molecular weight is 317 g/mol. The van der Waals surface area contributed by atoms with Crippen molar-refractivity contribution in [3.05, 3.63) is 0 Å². The second-order valence-corrected chi connectivity index (χ2v) is 5.77. The molecule has 0 fully saturated rings. The van der Waals surface area contributed by atoms with Gasteiger partial charge < -0.3 is 26.2 Å². The summed E-state index contributed by atoms with van der Waals surface area (Å²) < 4.78 is 4.98. The van der Waals surface area contributed by atoms with E-state index < -0.39 is 41.6 Å². The van der Waals surface area contributed by atoms with E-state index in [2.05, 4.69) is 10.6 Å². The molecule has 0 bridgehead atoms. The number of nitrogens with one attached hydrogen (secondary N) is 2. The number of rotatable bonds is 7. The van der Waals surface area contributed by atoms with Gasteiger partial charge in [0.25, 0.3) is 0 Å². The van der Waals surface area contributed by atoms with Crippen molar-refractivity contribution in [3.8, 4) is 0 Å². The fourth-order valence-corrected chi connectivity index (χ4v) is 1.39. The predicted molar refractivity (Wildman–Crippen MR) is 76.8 cm³/mol. The van der Waals surface area contributed by atoms with Crippen LogP contribution >= 0.6 is 0 Å². The van der Waals surface area contributed by atoms with Crippen LogP contribution in [0.2, 0.25) is 0 Å². The molecular formula is C13H23N3O6. The summed E-state index contributed by atoms with van der Waals surface area (Å²) in [7, 11) is 0. The van der Waals surface area contributed by atoms with E-state index in [0.29, 0.717) is 0 Å². The molecule has 0 heterocycles. The van der Waals surface area contributed by atoms with Gasteiger partial charge in [-0.25, -0.2) is 9.59 Å². The van der Waals surface area contributed by atoms with E-state index in [4.69, 9.17) is 15.6 Å². The maximum atomic E-state index is 11.8. The Morgan fingerprint density at radius 3 is 2.14 bits per heavy atom. The Hall–Kier alpha value is -2.32. The van der Waals surface area contributed by atoms with Gasteiger partial charge in [0.2, 0.25) is 11.8 Å². The third-order valence-corrected chi connectivity index (χ3v) is 2.42. The van der Waals surface area contributed by atoms with Gasteiger partial charge in [0, 0.05) is 6.42 Å². The van der Waals surface area contributed by atoms with Crippen LogP contribution in [0.4, 0.5) is 4.79 Å². The molecule has 0 aromatic carbocycles. The molecule has 3 amide bonds. The summed E-state index contributed by atoms with van der Waals surface area (Å²) in [5, 5.41) is 13.5. The van der Waals surface area contributed by atoms with Crippen LogP contribution in [0.5, 0.6) is 0 Å². The van der Waals surface area contributed by atoms with E-state index in [0.717, 1.165) is 0 Å². The van der Waals surface area contributed by atoms with E-state index in [1.165, 1.54) is 6.92 Å². The third kappa shape index (κ3) is 8.77. The van der Waals surface area contributed by atoms with Gasteiger partial charge in [0.1, 0.15) is 17.7 Å². The first-order chi connectivity index (χ1) is 9.92. The second-order valence-electron chi connectivity index (χ2n) is 5.77. The summed E-state index contributed by atoms with van der Waals surface area (Å²) in [6.07, 6.45) is -1.10. The lowest BCUT2D eigenvalue weighted by Crippen LogP contribution is -2.51. The number of primary amides is 1. The van der Waals surface area contributed by atoms with Crippen LogP contribution in [0.3, 0.4) is 0 Å². The summed E-state index contributed by atoms with van der Waals surface area (Å²) in [5.74, 6) is -2.66. The molecule has 9 nitrogen and oxygen atoms in total. The lowest BCUT2D eigenvalue weighted by Gasteiger charge is -2.22. The average Bonchev–Trinajstić information content (AvgIpc) is 2.30. The highest BCUT2D eigenvalue weighted by atomic mass is 16.6. The largest absolute Gasteiger partial charge is 0.480 e. The van der Waals surface area contributed by atoms with Crippen LogP contribution < -0.4 is 16.4 Å². The Balaban J connectivity index is 4.50. The standard InChI is InChI=1S/C13H23N3O6/c1-7(15-12(21)22-13(2,3)4)10(18)16-8(11(19)20)5-6-9(14)17/h7-8H,5-6H2,1-4H3,(H2,14,17)(H,15,21)(H,16,18)(H,19,20)/t7-,8-/m0/s1. The number of hydrogen-bond acceptors (Lipinski definition) is 5. The molecule has 0 aromatic heterocycles. The monoisotopic (exact) mass is 317 g/mol. The highest BCUT2D eigenvalue weighted by Gasteiger charge is 2.25. The van der Waals surface area contributed by atoms with E-state index in [-0.39, 0.29) is 12.8 Å². The van der Waals surface area contributed by atoms with Gasteiger partial charge in [-0.15, -0.1) is 0 Å². The van der Waals surface area contributed by atoms with Gasteiger partial charge in [-0.1, -0.05) is 0 Å².